The van der Waals surface area contributed by atoms with Crippen LogP contribution in [-0.2, 0) is 9.53 Å². The number of alkyl halides is 3. The Balaban J connectivity index is 2.07. The Morgan fingerprint density at radius 1 is 1.30 bits per heavy atom. The van der Waals surface area contributed by atoms with Crippen molar-refractivity contribution in [1.29, 1.82) is 0 Å². The molecule has 118 valence electrons. The van der Waals surface area contributed by atoms with Crippen LogP contribution in [0, 0.1) is 0 Å². The van der Waals surface area contributed by atoms with E-state index in [-0.39, 0.29) is 18.6 Å². The molecule has 0 aliphatic carbocycles. The zero-order chi connectivity index (χ0) is 15.0. The molecule has 1 aliphatic rings. The summed E-state index contributed by atoms with van der Waals surface area (Å²) in [6.07, 6.45) is -0.561. The highest BCUT2D eigenvalue weighted by atomic mass is 19.4. The number of nitrogens with zero attached hydrogens (tertiary/aromatic N) is 1. The van der Waals surface area contributed by atoms with E-state index in [0.717, 1.165) is 25.9 Å². The normalized spacial score (nSPS) is 18.1. The Labute approximate surface area is 117 Å². The Morgan fingerprint density at radius 2 is 1.95 bits per heavy atom. The molecule has 1 fully saturated rings. The summed E-state index contributed by atoms with van der Waals surface area (Å²) in [5, 5.41) is 3.02. The van der Waals surface area contributed by atoms with Crippen LogP contribution in [0.15, 0.2) is 0 Å². The van der Waals surface area contributed by atoms with Crippen LogP contribution in [0.4, 0.5) is 13.2 Å². The van der Waals surface area contributed by atoms with E-state index in [1.54, 1.807) is 6.92 Å². The molecule has 1 amide bonds. The fourth-order valence-corrected chi connectivity index (χ4v) is 2.16. The highest BCUT2D eigenvalue weighted by Gasteiger charge is 2.27. The van der Waals surface area contributed by atoms with E-state index >= 15 is 0 Å². The molecule has 1 rings (SSSR count). The van der Waals surface area contributed by atoms with E-state index in [1.807, 2.05) is 4.90 Å². The topological polar surface area (TPSA) is 41.6 Å². The minimum atomic E-state index is -4.27. The third-order valence-electron chi connectivity index (χ3n) is 3.22. The van der Waals surface area contributed by atoms with Crippen LogP contribution < -0.4 is 5.32 Å². The van der Waals surface area contributed by atoms with E-state index in [9.17, 15) is 18.0 Å². The van der Waals surface area contributed by atoms with Gasteiger partial charge in [-0.2, -0.15) is 13.2 Å². The van der Waals surface area contributed by atoms with Crippen LogP contribution >= 0.6 is 0 Å². The fraction of sp³-hybridized carbons (Fsp3) is 0.923. The zero-order valence-corrected chi connectivity index (χ0v) is 11.8. The molecule has 0 saturated carbocycles. The molecule has 1 aliphatic heterocycles. The highest BCUT2D eigenvalue weighted by molar-refractivity contribution is 5.81. The van der Waals surface area contributed by atoms with Gasteiger partial charge in [0.15, 0.2) is 0 Å². The van der Waals surface area contributed by atoms with Crippen molar-refractivity contribution in [2.24, 2.45) is 0 Å². The monoisotopic (exact) mass is 296 g/mol. The van der Waals surface area contributed by atoms with Gasteiger partial charge in [0.05, 0.1) is 6.04 Å². The molecular formula is C13H23F3N2O2. The molecule has 0 aromatic rings. The quantitative estimate of drug-likeness (QED) is 0.730. The standard InChI is InChI=1S/C13H23F3N2O2/c1-11(12(19)18-7-3-2-4-8-18)17-6-5-9-20-10-13(14,15)16/h11,17H,2-10H2,1H3. The number of halogens is 3. The fourth-order valence-electron chi connectivity index (χ4n) is 2.16. The third-order valence-corrected chi connectivity index (χ3v) is 3.22. The largest absolute Gasteiger partial charge is 0.411 e. The van der Waals surface area contributed by atoms with Crippen LogP contribution in [0.25, 0.3) is 0 Å². The van der Waals surface area contributed by atoms with Gasteiger partial charge < -0.3 is 15.0 Å². The molecule has 20 heavy (non-hydrogen) atoms. The first-order chi connectivity index (χ1) is 9.40. The van der Waals surface area contributed by atoms with E-state index in [1.165, 1.54) is 6.42 Å². The number of piperidine rings is 1. The highest BCUT2D eigenvalue weighted by Crippen LogP contribution is 2.14. The number of ether oxygens (including phenoxy) is 1. The number of nitrogens with one attached hydrogen (secondary N) is 1. The predicted molar refractivity (Wildman–Crippen MR) is 69.4 cm³/mol. The molecule has 0 radical (unpaired) electrons. The van der Waals surface area contributed by atoms with Crippen LogP contribution in [0.3, 0.4) is 0 Å². The van der Waals surface area contributed by atoms with Crippen molar-refractivity contribution in [3.8, 4) is 0 Å². The van der Waals surface area contributed by atoms with Gasteiger partial charge in [0.1, 0.15) is 6.61 Å². The van der Waals surface area contributed by atoms with Crippen LogP contribution in [0.5, 0.6) is 0 Å². The number of carbonyl (C=O) groups excluding carboxylic acids is 1. The minimum absolute atomic E-state index is 0.0388. The number of carbonyl (C=O) groups is 1. The summed E-state index contributed by atoms with van der Waals surface area (Å²) in [7, 11) is 0. The van der Waals surface area contributed by atoms with E-state index in [2.05, 4.69) is 10.1 Å². The molecule has 1 heterocycles. The van der Waals surface area contributed by atoms with Crippen molar-refractivity contribution < 1.29 is 22.7 Å². The number of rotatable bonds is 7. The molecule has 0 spiro atoms. The summed E-state index contributed by atoms with van der Waals surface area (Å²) in [6.45, 7) is 2.69. The first kappa shape index (κ1) is 17.2. The Bertz CT molecular complexity index is 292. The van der Waals surface area contributed by atoms with Crippen LogP contribution in [0.1, 0.15) is 32.6 Å². The number of amides is 1. The average Bonchev–Trinajstić information content (AvgIpc) is 2.41. The van der Waals surface area contributed by atoms with Gasteiger partial charge in [0.2, 0.25) is 5.91 Å². The molecule has 1 unspecified atom stereocenters. The summed E-state index contributed by atoms with van der Waals surface area (Å²) in [5.41, 5.74) is 0. The van der Waals surface area contributed by atoms with Gasteiger partial charge in [0.25, 0.3) is 0 Å². The maximum atomic E-state index is 12.0. The second-order valence-electron chi connectivity index (χ2n) is 5.08. The summed E-state index contributed by atoms with van der Waals surface area (Å²) in [6, 6.07) is -0.296. The minimum Gasteiger partial charge on any atom is -0.372 e. The molecule has 0 aromatic carbocycles. The molecule has 0 bridgehead atoms. The average molecular weight is 296 g/mol. The maximum absolute atomic E-state index is 12.0. The van der Waals surface area contributed by atoms with Gasteiger partial charge in [0, 0.05) is 19.7 Å². The lowest BCUT2D eigenvalue weighted by Crippen LogP contribution is -2.47. The van der Waals surface area contributed by atoms with Crippen LogP contribution in [0.2, 0.25) is 0 Å². The summed E-state index contributed by atoms with van der Waals surface area (Å²) < 4.78 is 39.9. The van der Waals surface area contributed by atoms with Gasteiger partial charge in [-0.1, -0.05) is 0 Å². The smallest absolute Gasteiger partial charge is 0.372 e. The summed E-state index contributed by atoms with van der Waals surface area (Å²) >= 11 is 0. The Hall–Kier alpha value is -0.820. The molecule has 0 aromatic heterocycles. The lowest BCUT2D eigenvalue weighted by atomic mass is 10.1. The SMILES string of the molecule is CC(NCCCOCC(F)(F)F)C(=O)N1CCCCC1. The molecule has 1 N–H and O–H groups in total. The van der Waals surface area contributed by atoms with Gasteiger partial charge in [-0.05, 0) is 39.2 Å². The summed E-state index contributed by atoms with van der Waals surface area (Å²) in [5.74, 6) is 0.0703. The van der Waals surface area contributed by atoms with E-state index in [4.69, 9.17) is 0 Å². The second kappa shape index (κ2) is 8.46. The molecule has 4 nitrogen and oxygen atoms in total. The summed E-state index contributed by atoms with van der Waals surface area (Å²) in [4.78, 5) is 13.9. The number of hydrogen-bond acceptors (Lipinski definition) is 3. The first-order valence-corrected chi connectivity index (χ1v) is 7.07. The zero-order valence-electron chi connectivity index (χ0n) is 11.8. The van der Waals surface area contributed by atoms with Crippen molar-refractivity contribution in [2.45, 2.75) is 44.8 Å². The number of hydrogen-bond donors (Lipinski definition) is 1. The van der Waals surface area contributed by atoms with Gasteiger partial charge in [-0.25, -0.2) is 0 Å². The predicted octanol–water partition coefficient (Wildman–Crippen LogP) is 1.95. The van der Waals surface area contributed by atoms with Crippen LogP contribution in [-0.4, -0.2) is 55.9 Å². The van der Waals surface area contributed by atoms with E-state index < -0.39 is 12.8 Å². The first-order valence-electron chi connectivity index (χ1n) is 7.07. The van der Waals surface area contributed by atoms with Gasteiger partial charge >= 0.3 is 6.18 Å². The van der Waals surface area contributed by atoms with Crippen molar-refractivity contribution in [2.75, 3.05) is 32.8 Å². The van der Waals surface area contributed by atoms with E-state index in [0.29, 0.717) is 13.0 Å². The molecule has 1 saturated heterocycles. The Kier molecular flexibility index (Phi) is 7.29. The lowest BCUT2D eigenvalue weighted by molar-refractivity contribution is -0.173. The van der Waals surface area contributed by atoms with Crippen molar-refractivity contribution >= 4 is 5.91 Å². The second-order valence-corrected chi connectivity index (χ2v) is 5.08. The third kappa shape index (κ3) is 7.09. The van der Waals surface area contributed by atoms with Crippen molar-refractivity contribution in [3.05, 3.63) is 0 Å². The molecule has 1 atom stereocenters. The van der Waals surface area contributed by atoms with Crippen molar-refractivity contribution in [3.63, 3.8) is 0 Å². The molecule has 7 heteroatoms. The van der Waals surface area contributed by atoms with Gasteiger partial charge in [-0.15, -0.1) is 0 Å². The lowest BCUT2D eigenvalue weighted by Gasteiger charge is -2.29. The maximum Gasteiger partial charge on any atom is 0.411 e. The van der Waals surface area contributed by atoms with Crippen molar-refractivity contribution in [1.82, 2.24) is 10.2 Å². The number of likely N-dealkylation sites (tertiary alicyclic amines) is 1. The Morgan fingerprint density at radius 3 is 2.55 bits per heavy atom. The molecular weight excluding hydrogens is 273 g/mol. The van der Waals surface area contributed by atoms with Gasteiger partial charge in [-0.3, -0.25) is 4.79 Å².